The van der Waals surface area contributed by atoms with Crippen molar-refractivity contribution in [2.45, 2.75) is 24.9 Å². The molecule has 1 amide bonds. The van der Waals surface area contributed by atoms with Gasteiger partial charge in [0.05, 0.1) is 0 Å². The summed E-state index contributed by atoms with van der Waals surface area (Å²) >= 11 is 0. The molecule has 5 nitrogen and oxygen atoms in total. The van der Waals surface area contributed by atoms with Crippen molar-refractivity contribution in [1.29, 1.82) is 0 Å². The van der Waals surface area contributed by atoms with E-state index in [9.17, 15) is 18.0 Å². The molecule has 0 aliphatic carbocycles. The molecule has 0 radical (unpaired) electrons. The third-order valence-corrected chi connectivity index (χ3v) is 3.38. The van der Waals surface area contributed by atoms with Gasteiger partial charge in [-0.15, -0.1) is 0 Å². The molecule has 1 N–H and O–H groups in total. The predicted molar refractivity (Wildman–Crippen MR) is 62.7 cm³/mol. The van der Waals surface area contributed by atoms with Crippen LogP contribution in [0.2, 0.25) is 0 Å². The molecular weight excluding hydrogens is 275 g/mol. The van der Waals surface area contributed by atoms with E-state index in [2.05, 4.69) is 9.97 Å². The summed E-state index contributed by atoms with van der Waals surface area (Å²) in [7, 11) is 0. The highest BCUT2D eigenvalue weighted by Crippen LogP contribution is 2.31. The summed E-state index contributed by atoms with van der Waals surface area (Å²) in [5.74, 6) is -0.482. The number of amides is 1. The van der Waals surface area contributed by atoms with Gasteiger partial charge in [0.1, 0.15) is 18.6 Å². The van der Waals surface area contributed by atoms with Gasteiger partial charge in [-0.3, -0.25) is 4.79 Å². The lowest BCUT2D eigenvalue weighted by Gasteiger charge is -2.31. The van der Waals surface area contributed by atoms with Crippen LogP contribution in [-0.4, -0.2) is 45.6 Å². The summed E-state index contributed by atoms with van der Waals surface area (Å²) in [6.45, 7) is 0.279. The summed E-state index contributed by atoms with van der Waals surface area (Å²) in [5, 5.41) is 8.76. The quantitative estimate of drug-likeness (QED) is 0.888. The number of nitrogens with zero attached hydrogens (tertiary/aromatic N) is 3. The molecule has 1 saturated heterocycles. The molecule has 110 valence electrons. The molecule has 2 rings (SSSR count). The molecule has 0 atom stereocenters. The number of piperidine rings is 1. The molecule has 1 aromatic heterocycles. The highest BCUT2D eigenvalue weighted by atomic mass is 19.4. The fourth-order valence-corrected chi connectivity index (χ4v) is 2.28. The lowest BCUT2D eigenvalue weighted by Crippen LogP contribution is -2.39. The molecule has 1 aliphatic heterocycles. The van der Waals surface area contributed by atoms with Gasteiger partial charge in [0.15, 0.2) is 0 Å². The van der Waals surface area contributed by atoms with Crippen molar-refractivity contribution in [2.24, 2.45) is 0 Å². The highest BCUT2D eigenvalue weighted by Gasteiger charge is 2.34. The van der Waals surface area contributed by atoms with Crippen LogP contribution >= 0.6 is 0 Å². The number of hydrogen-bond acceptors (Lipinski definition) is 4. The topological polar surface area (TPSA) is 66.3 Å². The lowest BCUT2D eigenvalue weighted by atomic mass is 9.93. The van der Waals surface area contributed by atoms with E-state index < -0.39 is 18.5 Å². The largest absolute Gasteiger partial charge is 0.433 e. The van der Waals surface area contributed by atoms with E-state index in [1.807, 2.05) is 0 Å². The predicted octanol–water partition coefficient (Wildman–Crippen LogP) is 1.19. The number of alkyl halides is 3. The van der Waals surface area contributed by atoms with Crippen LogP contribution in [0.3, 0.4) is 0 Å². The number of carbonyl (C=O) groups excluding carboxylic acids is 1. The van der Waals surface area contributed by atoms with Gasteiger partial charge in [-0.2, -0.15) is 13.2 Å². The molecule has 0 spiro atoms. The Bertz CT molecular complexity index is 485. The number of aliphatic hydroxyl groups is 1. The number of aromatic nitrogens is 2. The van der Waals surface area contributed by atoms with E-state index in [1.165, 1.54) is 4.90 Å². The van der Waals surface area contributed by atoms with Crippen molar-refractivity contribution >= 4 is 5.91 Å². The maximum atomic E-state index is 12.6. The van der Waals surface area contributed by atoms with Gasteiger partial charge in [-0.25, -0.2) is 9.97 Å². The number of aliphatic hydroxyl groups excluding tert-OH is 1. The highest BCUT2D eigenvalue weighted by molar-refractivity contribution is 5.77. The van der Waals surface area contributed by atoms with Gasteiger partial charge < -0.3 is 10.0 Å². The van der Waals surface area contributed by atoms with Crippen LogP contribution in [0.25, 0.3) is 0 Å². The standard InChI is InChI=1S/C12H14F3N3O2/c13-12(14,15)10-5-9(16-7-17-10)8-1-3-18(4-2-8)11(20)6-19/h5,7-8,19H,1-4,6H2. The minimum absolute atomic E-state index is 0.123. The van der Waals surface area contributed by atoms with Crippen LogP contribution in [0.4, 0.5) is 13.2 Å². The minimum atomic E-state index is -4.48. The molecule has 0 bridgehead atoms. The van der Waals surface area contributed by atoms with Gasteiger partial charge >= 0.3 is 6.18 Å². The molecule has 0 saturated carbocycles. The smallest absolute Gasteiger partial charge is 0.387 e. The van der Waals surface area contributed by atoms with Gasteiger partial charge in [0, 0.05) is 24.7 Å². The SMILES string of the molecule is O=C(CO)N1CCC(c2cc(C(F)(F)F)ncn2)CC1. The average molecular weight is 289 g/mol. The zero-order valence-electron chi connectivity index (χ0n) is 10.6. The second-order valence-corrected chi connectivity index (χ2v) is 4.64. The first-order valence-electron chi connectivity index (χ1n) is 6.19. The summed E-state index contributed by atoms with van der Waals surface area (Å²) in [4.78, 5) is 19.9. The van der Waals surface area contributed by atoms with Crippen molar-refractivity contribution in [3.05, 3.63) is 23.8 Å². The first-order chi connectivity index (χ1) is 9.41. The molecule has 1 aromatic rings. The van der Waals surface area contributed by atoms with E-state index in [0.29, 0.717) is 31.6 Å². The molecule has 20 heavy (non-hydrogen) atoms. The fraction of sp³-hybridized carbons (Fsp3) is 0.583. The number of hydrogen-bond donors (Lipinski definition) is 1. The van der Waals surface area contributed by atoms with Crippen LogP contribution in [0.5, 0.6) is 0 Å². The van der Waals surface area contributed by atoms with E-state index in [0.717, 1.165) is 12.4 Å². The Morgan fingerprint density at radius 2 is 2.00 bits per heavy atom. The normalized spacial score (nSPS) is 17.3. The van der Waals surface area contributed by atoms with Crippen LogP contribution in [-0.2, 0) is 11.0 Å². The maximum Gasteiger partial charge on any atom is 0.433 e. The fourth-order valence-electron chi connectivity index (χ4n) is 2.28. The summed E-state index contributed by atoms with van der Waals surface area (Å²) in [5.41, 5.74) is -0.597. The number of carbonyl (C=O) groups is 1. The maximum absolute atomic E-state index is 12.6. The van der Waals surface area contributed by atoms with Gasteiger partial charge in [-0.05, 0) is 18.9 Å². The monoisotopic (exact) mass is 289 g/mol. The first kappa shape index (κ1) is 14.7. The average Bonchev–Trinajstić information content (AvgIpc) is 2.46. The van der Waals surface area contributed by atoms with Crippen molar-refractivity contribution in [1.82, 2.24) is 14.9 Å². The Labute approximate surface area is 113 Å². The van der Waals surface area contributed by atoms with Crippen LogP contribution in [0, 0.1) is 0 Å². The Balaban J connectivity index is 2.06. The van der Waals surface area contributed by atoms with E-state index in [4.69, 9.17) is 5.11 Å². The summed E-state index contributed by atoms with van der Waals surface area (Å²) in [6, 6.07) is 0.966. The van der Waals surface area contributed by atoms with Crippen molar-refractivity contribution in [2.75, 3.05) is 19.7 Å². The van der Waals surface area contributed by atoms with E-state index in [-0.39, 0.29) is 11.8 Å². The molecule has 2 heterocycles. The first-order valence-corrected chi connectivity index (χ1v) is 6.19. The number of rotatable bonds is 2. The van der Waals surface area contributed by atoms with Crippen molar-refractivity contribution in [3.63, 3.8) is 0 Å². The zero-order valence-corrected chi connectivity index (χ0v) is 10.6. The van der Waals surface area contributed by atoms with Crippen LogP contribution in [0.15, 0.2) is 12.4 Å². The molecular formula is C12H14F3N3O2. The van der Waals surface area contributed by atoms with Gasteiger partial charge in [-0.1, -0.05) is 0 Å². The number of likely N-dealkylation sites (tertiary alicyclic amines) is 1. The lowest BCUT2D eigenvalue weighted by molar-refractivity contribution is -0.141. The third kappa shape index (κ3) is 3.24. The minimum Gasteiger partial charge on any atom is -0.387 e. The summed E-state index contributed by atoms with van der Waals surface area (Å²) in [6.07, 6.45) is -2.51. The molecule has 8 heteroatoms. The Kier molecular flexibility index (Phi) is 4.22. The third-order valence-electron chi connectivity index (χ3n) is 3.38. The van der Waals surface area contributed by atoms with Crippen molar-refractivity contribution in [3.8, 4) is 0 Å². The van der Waals surface area contributed by atoms with Crippen LogP contribution in [0.1, 0.15) is 30.1 Å². The van der Waals surface area contributed by atoms with Gasteiger partial charge in [0.25, 0.3) is 0 Å². The van der Waals surface area contributed by atoms with Gasteiger partial charge in [0.2, 0.25) is 5.91 Å². The summed E-state index contributed by atoms with van der Waals surface area (Å²) < 4.78 is 37.7. The molecule has 1 fully saturated rings. The van der Waals surface area contributed by atoms with Crippen LogP contribution < -0.4 is 0 Å². The van der Waals surface area contributed by atoms with Crippen molar-refractivity contribution < 1.29 is 23.1 Å². The Morgan fingerprint density at radius 1 is 1.35 bits per heavy atom. The second-order valence-electron chi connectivity index (χ2n) is 4.64. The molecule has 0 unspecified atom stereocenters. The number of halogens is 3. The molecule has 0 aromatic carbocycles. The van der Waals surface area contributed by atoms with E-state index >= 15 is 0 Å². The zero-order chi connectivity index (χ0) is 14.8. The second kappa shape index (κ2) is 5.74. The molecule has 1 aliphatic rings. The van der Waals surface area contributed by atoms with E-state index in [1.54, 1.807) is 0 Å². The Morgan fingerprint density at radius 3 is 2.55 bits per heavy atom. The Hall–Kier alpha value is -1.70.